The van der Waals surface area contributed by atoms with E-state index in [2.05, 4.69) is 0 Å². The molecular formula is C18H24Cl2O3. The van der Waals surface area contributed by atoms with Crippen LogP contribution in [0.4, 0.5) is 0 Å². The topological polar surface area (TPSA) is 46.5 Å². The van der Waals surface area contributed by atoms with Crippen molar-refractivity contribution in [2.45, 2.75) is 70.0 Å². The van der Waals surface area contributed by atoms with Crippen LogP contribution in [0.3, 0.4) is 0 Å². The molecule has 1 aromatic rings. The number of cyclic esters (lactones) is 1. The van der Waals surface area contributed by atoms with E-state index in [4.69, 9.17) is 27.9 Å². The number of unbranched alkanes of at least 4 members (excludes halogenated alkanes) is 3. The van der Waals surface area contributed by atoms with E-state index < -0.39 is 11.6 Å². The van der Waals surface area contributed by atoms with Crippen LogP contribution in [0.1, 0.15) is 57.4 Å². The Labute approximate surface area is 147 Å². The van der Waals surface area contributed by atoms with Gasteiger partial charge in [-0.2, -0.15) is 0 Å². The van der Waals surface area contributed by atoms with Gasteiger partial charge in [-0.1, -0.05) is 49.0 Å². The van der Waals surface area contributed by atoms with Gasteiger partial charge < -0.3 is 9.84 Å². The summed E-state index contributed by atoms with van der Waals surface area (Å²) < 4.78 is 5.25. The zero-order valence-electron chi connectivity index (χ0n) is 13.5. The third kappa shape index (κ3) is 5.10. The van der Waals surface area contributed by atoms with Crippen LogP contribution in [0, 0.1) is 0 Å². The Morgan fingerprint density at radius 2 is 2.00 bits per heavy atom. The van der Waals surface area contributed by atoms with Crippen molar-refractivity contribution in [3.05, 3.63) is 33.8 Å². The van der Waals surface area contributed by atoms with Crippen molar-refractivity contribution in [2.75, 3.05) is 0 Å². The van der Waals surface area contributed by atoms with Crippen molar-refractivity contribution in [2.24, 2.45) is 0 Å². The number of esters is 1. The normalized spacial score (nSPS) is 24.0. The van der Waals surface area contributed by atoms with Gasteiger partial charge in [-0.05, 0) is 49.8 Å². The average Bonchev–Trinajstić information content (AvgIpc) is 2.80. The predicted molar refractivity (Wildman–Crippen MR) is 93.0 cm³/mol. The molecule has 0 unspecified atom stereocenters. The van der Waals surface area contributed by atoms with Gasteiger partial charge in [0.2, 0.25) is 0 Å². The molecule has 0 radical (unpaired) electrons. The fraction of sp³-hybridized carbons (Fsp3) is 0.611. The Balaban J connectivity index is 1.61. The van der Waals surface area contributed by atoms with Gasteiger partial charge in [-0.25, -0.2) is 4.79 Å². The van der Waals surface area contributed by atoms with Crippen LogP contribution >= 0.6 is 23.2 Å². The molecule has 23 heavy (non-hydrogen) atoms. The van der Waals surface area contributed by atoms with Crippen LogP contribution in [0.25, 0.3) is 0 Å². The summed E-state index contributed by atoms with van der Waals surface area (Å²) in [6.45, 7) is 1.81. The molecular weight excluding hydrogens is 335 g/mol. The van der Waals surface area contributed by atoms with Crippen LogP contribution in [0.5, 0.6) is 0 Å². The van der Waals surface area contributed by atoms with Gasteiger partial charge in [-0.3, -0.25) is 0 Å². The van der Waals surface area contributed by atoms with Crippen LogP contribution in [-0.2, 0) is 16.0 Å². The maximum absolute atomic E-state index is 11.6. The minimum Gasteiger partial charge on any atom is -0.460 e. The molecule has 2 atom stereocenters. The monoisotopic (exact) mass is 358 g/mol. The van der Waals surface area contributed by atoms with Gasteiger partial charge in [0.1, 0.15) is 6.10 Å². The van der Waals surface area contributed by atoms with Gasteiger partial charge in [0.25, 0.3) is 0 Å². The second-order valence-corrected chi connectivity index (χ2v) is 7.15. The van der Waals surface area contributed by atoms with Gasteiger partial charge in [-0.15, -0.1) is 0 Å². The zero-order valence-corrected chi connectivity index (χ0v) is 15.0. The van der Waals surface area contributed by atoms with E-state index in [9.17, 15) is 9.90 Å². The summed E-state index contributed by atoms with van der Waals surface area (Å²) in [6.07, 6.45) is 6.78. The standard InChI is InChI=1S/C18H24Cl2O3/c1-2-18(22)12-15(23-17(18)21)8-6-4-3-5-7-13-9-10-14(19)11-16(13)20/h9-11,15,22H,2-8,12H2,1H3/t15-,18+/m0/s1. The summed E-state index contributed by atoms with van der Waals surface area (Å²) >= 11 is 12.0. The van der Waals surface area contributed by atoms with E-state index in [1.165, 1.54) is 0 Å². The Kier molecular flexibility index (Phi) is 6.75. The van der Waals surface area contributed by atoms with Crippen molar-refractivity contribution >= 4 is 29.2 Å². The number of benzene rings is 1. The minimum atomic E-state index is -1.25. The lowest BCUT2D eigenvalue weighted by Crippen LogP contribution is -2.32. The molecule has 1 heterocycles. The third-order valence-electron chi connectivity index (χ3n) is 4.54. The first kappa shape index (κ1) is 18.6. The number of halogens is 2. The molecule has 1 fully saturated rings. The van der Waals surface area contributed by atoms with Crippen LogP contribution in [0.15, 0.2) is 18.2 Å². The number of carbonyl (C=O) groups is 1. The molecule has 0 aliphatic carbocycles. The highest BCUT2D eigenvalue weighted by molar-refractivity contribution is 6.35. The first-order valence-electron chi connectivity index (χ1n) is 8.32. The molecule has 1 aromatic carbocycles. The molecule has 5 heteroatoms. The fourth-order valence-corrected chi connectivity index (χ4v) is 3.48. The molecule has 1 N–H and O–H groups in total. The van der Waals surface area contributed by atoms with E-state index in [0.29, 0.717) is 17.9 Å². The maximum atomic E-state index is 11.6. The van der Waals surface area contributed by atoms with E-state index in [-0.39, 0.29) is 6.10 Å². The van der Waals surface area contributed by atoms with Crippen molar-refractivity contribution < 1.29 is 14.6 Å². The predicted octanol–water partition coefficient (Wildman–Crippen LogP) is 4.94. The largest absolute Gasteiger partial charge is 0.460 e. The summed E-state index contributed by atoms with van der Waals surface area (Å²) in [6, 6.07) is 5.63. The molecule has 1 aliphatic heterocycles. The number of hydrogen-bond acceptors (Lipinski definition) is 3. The van der Waals surface area contributed by atoms with Crippen molar-refractivity contribution in [3.63, 3.8) is 0 Å². The zero-order chi connectivity index (χ0) is 16.9. The highest BCUT2D eigenvalue weighted by Gasteiger charge is 2.45. The van der Waals surface area contributed by atoms with Gasteiger partial charge in [0.15, 0.2) is 5.60 Å². The van der Waals surface area contributed by atoms with E-state index >= 15 is 0 Å². The summed E-state index contributed by atoms with van der Waals surface area (Å²) in [4.78, 5) is 11.6. The van der Waals surface area contributed by atoms with Crippen LogP contribution in [0.2, 0.25) is 10.0 Å². The highest BCUT2D eigenvalue weighted by Crippen LogP contribution is 2.31. The first-order valence-corrected chi connectivity index (χ1v) is 9.07. The number of ether oxygens (including phenoxy) is 1. The number of carbonyl (C=O) groups excluding carboxylic acids is 1. The van der Waals surface area contributed by atoms with Gasteiger partial charge >= 0.3 is 5.97 Å². The number of rotatable bonds is 8. The van der Waals surface area contributed by atoms with Gasteiger partial charge in [0, 0.05) is 16.5 Å². The second kappa shape index (κ2) is 8.36. The second-order valence-electron chi connectivity index (χ2n) is 6.31. The van der Waals surface area contributed by atoms with Crippen molar-refractivity contribution in [3.8, 4) is 0 Å². The average molecular weight is 359 g/mol. The molecule has 0 bridgehead atoms. The first-order chi connectivity index (χ1) is 10.9. The Morgan fingerprint density at radius 3 is 2.65 bits per heavy atom. The van der Waals surface area contributed by atoms with E-state index in [0.717, 1.165) is 49.1 Å². The Hall–Kier alpha value is -0.770. The van der Waals surface area contributed by atoms with Gasteiger partial charge in [0.05, 0.1) is 0 Å². The molecule has 1 saturated heterocycles. The summed E-state index contributed by atoms with van der Waals surface area (Å²) in [5, 5.41) is 11.4. The Morgan fingerprint density at radius 1 is 1.26 bits per heavy atom. The highest BCUT2D eigenvalue weighted by atomic mass is 35.5. The molecule has 0 aromatic heterocycles. The van der Waals surface area contributed by atoms with Crippen molar-refractivity contribution in [1.82, 2.24) is 0 Å². The Bertz CT molecular complexity index is 547. The fourth-order valence-electron chi connectivity index (χ4n) is 2.98. The van der Waals surface area contributed by atoms with E-state index in [1.807, 2.05) is 19.1 Å². The number of aryl methyl sites for hydroxylation is 1. The smallest absolute Gasteiger partial charge is 0.338 e. The molecule has 0 saturated carbocycles. The molecule has 128 valence electrons. The lowest BCUT2D eigenvalue weighted by atomic mass is 9.94. The van der Waals surface area contributed by atoms with Crippen LogP contribution < -0.4 is 0 Å². The number of aliphatic hydroxyl groups is 1. The quantitative estimate of drug-likeness (QED) is 0.528. The van der Waals surface area contributed by atoms with Crippen molar-refractivity contribution in [1.29, 1.82) is 0 Å². The summed E-state index contributed by atoms with van der Waals surface area (Å²) in [7, 11) is 0. The van der Waals surface area contributed by atoms with E-state index in [1.54, 1.807) is 6.07 Å². The molecule has 1 aliphatic rings. The minimum absolute atomic E-state index is 0.127. The lowest BCUT2D eigenvalue weighted by molar-refractivity contribution is -0.155. The third-order valence-corrected chi connectivity index (χ3v) is 5.13. The number of hydrogen-bond donors (Lipinski definition) is 1. The molecule has 3 nitrogen and oxygen atoms in total. The molecule has 2 rings (SSSR count). The SMILES string of the molecule is CC[C@@]1(O)C[C@H](CCCCCCc2ccc(Cl)cc2Cl)OC1=O. The summed E-state index contributed by atoms with van der Waals surface area (Å²) in [5.41, 5.74) is -0.121. The summed E-state index contributed by atoms with van der Waals surface area (Å²) in [5.74, 6) is -0.456. The lowest BCUT2D eigenvalue weighted by Gasteiger charge is -2.13. The van der Waals surface area contributed by atoms with Crippen LogP contribution in [-0.4, -0.2) is 22.8 Å². The maximum Gasteiger partial charge on any atom is 0.338 e. The molecule has 0 spiro atoms. The molecule has 0 amide bonds.